The molecule has 4 rings (SSSR count). The van der Waals surface area contributed by atoms with Crippen LogP contribution >= 0.6 is 0 Å². The smallest absolute Gasteiger partial charge is 0.254 e. The summed E-state index contributed by atoms with van der Waals surface area (Å²) in [4.78, 5) is 17.6. The van der Waals surface area contributed by atoms with Crippen molar-refractivity contribution in [2.75, 3.05) is 26.2 Å². The molecule has 0 bridgehead atoms. The fourth-order valence-corrected chi connectivity index (χ4v) is 4.20. The Bertz CT molecular complexity index is 921. The summed E-state index contributed by atoms with van der Waals surface area (Å²) < 4.78 is 0. The van der Waals surface area contributed by atoms with Crippen LogP contribution in [0.4, 0.5) is 0 Å². The Labute approximate surface area is 173 Å². The molecule has 0 unspecified atom stereocenters. The Hall–Kier alpha value is -2.91. The zero-order chi connectivity index (χ0) is 20.2. The van der Waals surface area contributed by atoms with Gasteiger partial charge >= 0.3 is 0 Å². The number of hydrogen-bond acceptors (Lipinski definition) is 2. The van der Waals surface area contributed by atoms with Gasteiger partial charge in [-0.15, -0.1) is 0 Å². The van der Waals surface area contributed by atoms with Gasteiger partial charge in [0.25, 0.3) is 5.91 Å². The van der Waals surface area contributed by atoms with Gasteiger partial charge in [-0.3, -0.25) is 9.69 Å². The number of amides is 1. The standard InChI is InChI=1S/C26H28N2O/c1-20-13-14-21(2)24(19-20)26(29)28-17-15-27(16-18-28)25(22-9-5-3-6-10-22)23-11-7-4-8-12-23/h3-14,19,25H,15-18H2,1-2H3. The molecule has 0 aromatic heterocycles. The molecule has 1 saturated heterocycles. The van der Waals surface area contributed by atoms with E-state index in [0.717, 1.165) is 42.9 Å². The number of nitrogens with zero attached hydrogens (tertiary/aromatic N) is 2. The molecule has 1 fully saturated rings. The van der Waals surface area contributed by atoms with E-state index in [9.17, 15) is 4.79 Å². The molecule has 3 aromatic rings. The lowest BCUT2D eigenvalue weighted by molar-refractivity contribution is 0.0596. The summed E-state index contributed by atoms with van der Waals surface area (Å²) in [5.74, 6) is 0.154. The van der Waals surface area contributed by atoms with Crippen LogP contribution in [0, 0.1) is 13.8 Å². The fourth-order valence-electron chi connectivity index (χ4n) is 4.20. The summed E-state index contributed by atoms with van der Waals surface area (Å²) in [5, 5.41) is 0. The maximum absolute atomic E-state index is 13.1. The van der Waals surface area contributed by atoms with Crippen molar-refractivity contribution >= 4 is 5.91 Å². The van der Waals surface area contributed by atoms with Crippen molar-refractivity contribution in [2.45, 2.75) is 19.9 Å². The molecule has 0 atom stereocenters. The SMILES string of the molecule is Cc1ccc(C)c(C(=O)N2CCN(C(c3ccccc3)c3ccccc3)CC2)c1. The van der Waals surface area contributed by atoms with E-state index in [-0.39, 0.29) is 11.9 Å². The van der Waals surface area contributed by atoms with Crippen LogP contribution in [0.3, 0.4) is 0 Å². The van der Waals surface area contributed by atoms with Gasteiger partial charge in [-0.05, 0) is 36.6 Å². The predicted octanol–water partition coefficient (Wildman–Crippen LogP) is 4.85. The lowest BCUT2D eigenvalue weighted by atomic mass is 9.96. The minimum absolute atomic E-state index is 0.154. The monoisotopic (exact) mass is 384 g/mol. The lowest BCUT2D eigenvalue weighted by Gasteiger charge is -2.40. The molecule has 29 heavy (non-hydrogen) atoms. The largest absolute Gasteiger partial charge is 0.336 e. The van der Waals surface area contributed by atoms with Crippen molar-refractivity contribution in [1.29, 1.82) is 0 Å². The molecule has 3 heteroatoms. The molecule has 0 spiro atoms. The van der Waals surface area contributed by atoms with Gasteiger partial charge in [0.05, 0.1) is 6.04 Å². The number of hydrogen-bond donors (Lipinski definition) is 0. The Morgan fingerprint density at radius 2 is 1.31 bits per heavy atom. The zero-order valence-electron chi connectivity index (χ0n) is 17.2. The zero-order valence-corrected chi connectivity index (χ0v) is 17.2. The third-order valence-corrected chi connectivity index (χ3v) is 5.82. The van der Waals surface area contributed by atoms with E-state index in [1.807, 2.05) is 30.9 Å². The van der Waals surface area contributed by atoms with Crippen molar-refractivity contribution in [3.8, 4) is 0 Å². The molecule has 1 aliphatic heterocycles. The quantitative estimate of drug-likeness (QED) is 0.642. The predicted molar refractivity (Wildman–Crippen MR) is 118 cm³/mol. The summed E-state index contributed by atoms with van der Waals surface area (Å²) in [6, 6.07) is 27.7. The van der Waals surface area contributed by atoms with Gasteiger partial charge in [-0.1, -0.05) is 78.4 Å². The molecule has 148 valence electrons. The second-order valence-electron chi connectivity index (χ2n) is 7.87. The second kappa shape index (κ2) is 8.62. The molecule has 0 radical (unpaired) electrons. The molecule has 0 aliphatic carbocycles. The highest BCUT2D eigenvalue weighted by Gasteiger charge is 2.28. The highest BCUT2D eigenvalue weighted by atomic mass is 16.2. The number of benzene rings is 3. The summed E-state index contributed by atoms with van der Waals surface area (Å²) >= 11 is 0. The normalized spacial score (nSPS) is 14.9. The van der Waals surface area contributed by atoms with E-state index in [0.29, 0.717) is 0 Å². The van der Waals surface area contributed by atoms with Gasteiger partial charge in [-0.25, -0.2) is 0 Å². The van der Waals surface area contributed by atoms with Crippen LogP contribution in [0.5, 0.6) is 0 Å². The van der Waals surface area contributed by atoms with Crippen LogP contribution < -0.4 is 0 Å². The van der Waals surface area contributed by atoms with Crippen LogP contribution in [-0.4, -0.2) is 41.9 Å². The molecule has 0 N–H and O–H groups in total. The molecule has 3 aromatic carbocycles. The van der Waals surface area contributed by atoms with E-state index in [1.54, 1.807) is 0 Å². The number of rotatable bonds is 4. The maximum atomic E-state index is 13.1. The van der Waals surface area contributed by atoms with Crippen molar-refractivity contribution in [2.24, 2.45) is 0 Å². The van der Waals surface area contributed by atoms with Gasteiger partial charge in [-0.2, -0.15) is 0 Å². The fraction of sp³-hybridized carbons (Fsp3) is 0.269. The molecule has 0 saturated carbocycles. The first kappa shape index (κ1) is 19.4. The molecular formula is C26H28N2O. The average Bonchev–Trinajstić information content (AvgIpc) is 2.77. The first-order valence-electron chi connectivity index (χ1n) is 10.3. The van der Waals surface area contributed by atoms with Crippen LogP contribution in [-0.2, 0) is 0 Å². The Morgan fingerprint density at radius 1 is 0.759 bits per heavy atom. The minimum Gasteiger partial charge on any atom is -0.336 e. The van der Waals surface area contributed by atoms with Gasteiger partial charge in [0.15, 0.2) is 0 Å². The van der Waals surface area contributed by atoms with E-state index < -0.39 is 0 Å². The van der Waals surface area contributed by atoms with Crippen LogP contribution in [0.1, 0.15) is 38.7 Å². The minimum atomic E-state index is 0.154. The molecule has 3 nitrogen and oxygen atoms in total. The molecule has 1 amide bonds. The maximum Gasteiger partial charge on any atom is 0.254 e. The Kier molecular flexibility index (Phi) is 5.77. The van der Waals surface area contributed by atoms with Crippen molar-refractivity contribution in [1.82, 2.24) is 9.80 Å². The van der Waals surface area contributed by atoms with Crippen LogP contribution in [0.15, 0.2) is 78.9 Å². The summed E-state index contributed by atoms with van der Waals surface area (Å²) in [5.41, 5.74) is 5.61. The molecule has 1 heterocycles. The lowest BCUT2D eigenvalue weighted by Crippen LogP contribution is -2.50. The first-order chi connectivity index (χ1) is 14.1. The van der Waals surface area contributed by atoms with Crippen LogP contribution in [0.25, 0.3) is 0 Å². The van der Waals surface area contributed by atoms with Crippen molar-refractivity contribution in [3.63, 3.8) is 0 Å². The van der Waals surface area contributed by atoms with Gasteiger partial charge in [0.1, 0.15) is 0 Å². The van der Waals surface area contributed by atoms with E-state index in [2.05, 4.69) is 71.6 Å². The summed E-state index contributed by atoms with van der Waals surface area (Å²) in [7, 11) is 0. The number of piperazine rings is 1. The highest BCUT2D eigenvalue weighted by molar-refractivity contribution is 5.95. The summed E-state index contributed by atoms with van der Waals surface area (Å²) in [6.07, 6.45) is 0. The third-order valence-electron chi connectivity index (χ3n) is 5.82. The molecular weight excluding hydrogens is 356 g/mol. The van der Waals surface area contributed by atoms with E-state index >= 15 is 0 Å². The van der Waals surface area contributed by atoms with Crippen LogP contribution in [0.2, 0.25) is 0 Å². The number of aryl methyl sites for hydroxylation is 2. The van der Waals surface area contributed by atoms with Crippen molar-refractivity contribution in [3.05, 3.63) is 107 Å². The Balaban J connectivity index is 1.52. The number of carbonyl (C=O) groups excluding carboxylic acids is 1. The topological polar surface area (TPSA) is 23.6 Å². The van der Waals surface area contributed by atoms with E-state index in [4.69, 9.17) is 0 Å². The molecule has 1 aliphatic rings. The summed E-state index contributed by atoms with van der Waals surface area (Å²) in [6.45, 7) is 7.29. The first-order valence-corrected chi connectivity index (χ1v) is 10.3. The van der Waals surface area contributed by atoms with E-state index in [1.165, 1.54) is 11.1 Å². The van der Waals surface area contributed by atoms with Gasteiger partial charge < -0.3 is 4.90 Å². The van der Waals surface area contributed by atoms with Gasteiger partial charge in [0, 0.05) is 31.7 Å². The number of carbonyl (C=O) groups is 1. The third kappa shape index (κ3) is 4.25. The Morgan fingerprint density at radius 3 is 1.86 bits per heavy atom. The van der Waals surface area contributed by atoms with Gasteiger partial charge in [0.2, 0.25) is 0 Å². The highest BCUT2D eigenvalue weighted by Crippen LogP contribution is 2.29. The van der Waals surface area contributed by atoms with Crippen molar-refractivity contribution < 1.29 is 4.79 Å². The average molecular weight is 385 g/mol. The second-order valence-corrected chi connectivity index (χ2v) is 7.87.